The molecule has 0 atom stereocenters. The van der Waals surface area contributed by atoms with Gasteiger partial charge in [-0.3, -0.25) is 0 Å². The van der Waals surface area contributed by atoms with Crippen LogP contribution < -0.4 is 9.80 Å². The first-order chi connectivity index (χ1) is 10.4. The molecule has 0 amide bonds. The van der Waals surface area contributed by atoms with Gasteiger partial charge in [0.1, 0.15) is 5.82 Å². The van der Waals surface area contributed by atoms with Crippen molar-refractivity contribution in [1.29, 1.82) is 0 Å². The second-order valence-corrected chi connectivity index (χ2v) is 5.16. The Labute approximate surface area is 122 Å². The highest BCUT2D eigenvalue weighted by Crippen LogP contribution is 2.18. The number of fused-ring (bicyclic) bond motifs is 1. The van der Waals surface area contributed by atoms with Crippen LogP contribution >= 0.6 is 0 Å². The fourth-order valence-electron chi connectivity index (χ4n) is 2.69. The molecule has 0 aliphatic carbocycles. The van der Waals surface area contributed by atoms with Crippen molar-refractivity contribution in [2.75, 3.05) is 62.4 Å². The SMILES string of the molecule is c1cc2nnc(N3CCOCC3)n2nc1N1CCOCC1. The summed E-state index contributed by atoms with van der Waals surface area (Å²) >= 11 is 0. The standard InChI is InChI=1S/C13H18N6O2/c1-2-12(17-3-7-20-8-4-17)16-19-11(1)14-15-13(19)18-5-9-21-10-6-18/h1-2H,3-10H2. The van der Waals surface area contributed by atoms with Gasteiger partial charge in [0.25, 0.3) is 0 Å². The highest BCUT2D eigenvalue weighted by atomic mass is 16.5. The first-order valence-electron chi connectivity index (χ1n) is 7.30. The van der Waals surface area contributed by atoms with Gasteiger partial charge < -0.3 is 19.3 Å². The summed E-state index contributed by atoms with van der Waals surface area (Å²) in [6, 6.07) is 3.97. The number of ether oxygens (including phenoxy) is 2. The van der Waals surface area contributed by atoms with Crippen molar-refractivity contribution in [3.8, 4) is 0 Å². The molecule has 4 rings (SSSR count). The number of anilines is 2. The summed E-state index contributed by atoms with van der Waals surface area (Å²) in [5, 5.41) is 13.2. The van der Waals surface area contributed by atoms with E-state index in [2.05, 4.69) is 20.0 Å². The van der Waals surface area contributed by atoms with Crippen molar-refractivity contribution in [2.24, 2.45) is 0 Å². The van der Waals surface area contributed by atoms with E-state index in [4.69, 9.17) is 14.6 Å². The van der Waals surface area contributed by atoms with E-state index in [1.165, 1.54) is 0 Å². The Morgan fingerprint density at radius 2 is 1.48 bits per heavy atom. The molecular weight excluding hydrogens is 272 g/mol. The molecule has 0 spiro atoms. The van der Waals surface area contributed by atoms with Gasteiger partial charge >= 0.3 is 0 Å². The average Bonchev–Trinajstić information content (AvgIpc) is 2.99. The third-order valence-electron chi connectivity index (χ3n) is 3.86. The van der Waals surface area contributed by atoms with E-state index in [0.717, 1.165) is 70.0 Å². The molecule has 2 fully saturated rings. The van der Waals surface area contributed by atoms with Crippen molar-refractivity contribution in [1.82, 2.24) is 19.8 Å². The van der Waals surface area contributed by atoms with Gasteiger partial charge in [0.2, 0.25) is 5.95 Å². The van der Waals surface area contributed by atoms with Crippen molar-refractivity contribution in [2.45, 2.75) is 0 Å². The van der Waals surface area contributed by atoms with E-state index in [-0.39, 0.29) is 0 Å². The minimum absolute atomic E-state index is 0.720. The lowest BCUT2D eigenvalue weighted by Gasteiger charge is -2.28. The Morgan fingerprint density at radius 1 is 0.810 bits per heavy atom. The Kier molecular flexibility index (Phi) is 3.32. The van der Waals surface area contributed by atoms with E-state index in [0.29, 0.717) is 0 Å². The highest BCUT2D eigenvalue weighted by Gasteiger charge is 2.19. The minimum Gasteiger partial charge on any atom is -0.378 e. The lowest BCUT2D eigenvalue weighted by atomic mass is 10.4. The van der Waals surface area contributed by atoms with Crippen LogP contribution in [0.3, 0.4) is 0 Å². The molecule has 8 heteroatoms. The third kappa shape index (κ3) is 2.40. The van der Waals surface area contributed by atoms with Crippen LogP contribution in [0.5, 0.6) is 0 Å². The molecule has 2 aliphatic rings. The van der Waals surface area contributed by atoms with E-state index in [9.17, 15) is 0 Å². The molecule has 2 aliphatic heterocycles. The first-order valence-corrected chi connectivity index (χ1v) is 7.30. The largest absolute Gasteiger partial charge is 0.378 e. The zero-order valence-corrected chi connectivity index (χ0v) is 11.8. The maximum atomic E-state index is 5.39. The van der Waals surface area contributed by atoms with E-state index in [1.54, 1.807) is 0 Å². The maximum absolute atomic E-state index is 5.39. The number of rotatable bonds is 2. The summed E-state index contributed by atoms with van der Waals surface area (Å²) in [6.45, 7) is 6.32. The predicted octanol–water partition coefficient (Wildman–Crippen LogP) is -0.202. The molecule has 8 nitrogen and oxygen atoms in total. The van der Waals surface area contributed by atoms with Gasteiger partial charge in [0.05, 0.1) is 26.4 Å². The van der Waals surface area contributed by atoms with Crippen LogP contribution in [-0.4, -0.2) is 72.4 Å². The van der Waals surface area contributed by atoms with Crippen molar-refractivity contribution in [3.63, 3.8) is 0 Å². The summed E-state index contributed by atoms with van der Waals surface area (Å²) in [6.07, 6.45) is 0. The van der Waals surface area contributed by atoms with Crippen LogP contribution in [0.25, 0.3) is 5.65 Å². The fourth-order valence-corrected chi connectivity index (χ4v) is 2.69. The van der Waals surface area contributed by atoms with E-state index < -0.39 is 0 Å². The predicted molar refractivity (Wildman–Crippen MR) is 76.8 cm³/mol. The molecule has 2 aromatic heterocycles. The molecule has 0 aromatic carbocycles. The minimum atomic E-state index is 0.720. The smallest absolute Gasteiger partial charge is 0.248 e. The summed E-state index contributed by atoms with van der Waals surface area (Å²) < 4.78 is 12.6. The molecule has 21 heavy (non-hydrogen) atoms. The monoisotopic (exact) mass is 290 g/mol. The van der Waals surface area contributed by atoms with Gasteiger partial charge in [-0.15, -0.1) is 15.3 Å². The van der Waals surface area contributed by atoms with Crippen LogP contribution in [0.15, 0.2) is 12.1 Å². The van der Waals surface area contributed by atoms with Gasteiger partial charge in [0, 0.05) is 26.2 Å². The summed E-state index contributed by atoms with van der Waals surface area (Å²) in [4.78, 5) is 4.39. The van der Waals surface area contributed by atoms with Gasteiger partial charge in [-0.05, 0) is 12.1 Å². The van der Waals surface area contributed by atoms with Gasteiger partial charge in [-0.1, -0.05) is 0 Å². The normalized spacial score (nSPS) is 20.2. The molecule has 4 heterocycles. The number of morpholine rings is 2. The summed E-state index contributed by atoms with van der Waals surface area (Å²) in [5.74, 6) is 1.74. The third-order valence-corrected chi connectivity index (χ3v) is 3.86. The lowest BCUT2D eigenvalue weighted by Crippen LogP contribution is -2.38. The molecule has 0 bridgehead atoms. The van der Waals surface area contributed by atoms with Crippen LogP contribution in [0, 0.1) is 0 Å². The number of nitrogens with zero attached hydrogens (tertiary/aromatic N) is 6. The van der Waals surface area contributed by atoms with Gasteiger partial charge in [-0.2, -0.15) is 4.52 Å². The molecular formula is C13H18N6O2. The first kappa shape index (κ1) is 12.8. The van der Waals surface area contributed by atoms with Gasteiger partial charge in [0.15, 0.2) is 5.65 Å². The van der Waals surface area contributed by atoms with Crippen LogP contribution in [0.1, 0.15) is 0 Å². The zero-order chi connectivity index (χ0) is 14.1. The zero-order valence-electron chi connectivity index (χ0n) is 11.8. The van der Waals surface area contributed by atoms with Gasteiger partial charge in [-0.25, -0.2) is 0 Å². The topological polar surface area (TPSA) is 68.0 Å². The van der Waals surface area contributed by atoms with Crippen molar-refractivity contribution >= 4 is 17.4 Å². The van der Waals surface area contributed by atoms with Crippen LogP contribution in [0.4, 0.5) is 11.8 Å². The molecule has 0 radical (unpaired) electrons. The number of hydrogen-bond acceptors (Lipinski definition) is 7. The molecule has 2 aromatic rings. The Morgan fingerprint density at radius 3 is 2.19 bits per heavy atom. The highest BCUT2D eigenvalue weighted by molar-refractivity contribution is 5.50. The second kappa shape index (κ2) is 5.45. The van der Waals surface area contributed by atoms with E-state index >= 15 is 0 Å². The lowest BCUT2D eigenvalue weighted by molar-refractivity contribution is 0.121. The molecule has 2 saturated heterocycles. The fraction of sp³-hybridized carbons (Fsp3) is 0.615. The molecule has 112 valence electrons. The van der Waals surface area contributed by atoms with Crippen molar-refractivity contribution < 1.29 is 9.47 Å². The van der Waals surface area contributed by atoms with Crippen LogP contribution in [-0.2, 0) is 9.47 Å². The Hall–Kier alpha value is -1.93. The second-order valence-electron chi connectivity index (χ2n) is 5.16. The van der Waals surface area contributed by atoms with Crippen molar-refractivity contribution in [3.05, 3.63) is 12.1 Å². The molecule has 0 unspecified atom stereocenters. The summed E-state index contributed by atoms with van der Waals surface area (Å²) in [7, 11) is 0. The number of hydrogen-bond donors (Lipinski definition) is 0. The molecule has 0 saturated carbocycles. The number of aromatic nitrogens is 4. The average molecular weight is 290 g/mol. The van der Waals surface area contributed by atoms with E-state index in [1.807, 2.05) is 16.6 Å². The van der Waals surface area contributed by atoms with Crippen LogP contribution in [0.2, 0.25) is 0 Å². The molecule has 0 N–H and O–H groups in total. The maximum Gasteiger partial charge on any atom is 0.248 e. The Balaban J connectivity index is 1.68. The summed E-state index contributed by atoms with van der Waals surface area (Å²) in [5.41, 5.74) is 0.772. The Bertz CT molecular complexity index is 618. The quantitative estimate of drug-likeness (QED) is 0.758.